The molecule has 0 fully saturated rings. The molecular formula is C14H18F3NO. The Morgan fingerprint density at radius 1 is 1.21 bits per heavy atom. The minimum absolute atomic E-state index is 0.378. The zero-order valence-corrected chi connectivity index (χ0v) is 10.9. The van der Waals surface area contributed by atoms with E-state index in [-0.39, 0.29) is 0 Å². The Hall–Kier alpha value is -1.52. The first-order valence-corrected chi connectivity index (χ1v) is 6.36. The Kier molecular flexibility index (Phi) is 6.39. The molecule has 0 bridgehead atoms. The highest BCUT2D eigenvalue weighted by atomic mass is 19.4. The second-order valence-electron chi connectivity index (χ2n) is 4.25. The first kappa shape index (κ1) is 15.5. The molecule has 0 N–H and O–H groups in total. The number of alkyl halides is 3. The zero-order valence-electron chi connectivity index (χ0n) is 10.9. The van der Waals surface area contributed by atoms with Crippen LogP contribution in [-0.2, 0) is 11.0 Å². The molecule has 0 saturated heterocycles. The molecule has 106 valence electrons. The highest BCUT2D eigenvalue weighted by molar-refractivity contribution is 5.79. The van der Waals surface area contributed by atoms with Crippen molar-refractivity contribution < 1.29 is 18.0 Å². The van der Waals surface area contributed by atoms with E-state index in [9.17, 15) is 13.2 Å². The number of rotatable bonds is 7. The van der Waals surface area contributed by atoms with Crippen molar-refractivity contribution >= 4 is 6.21 Å². The summed E-state index contributed by atoms with van der Waals surface area (Å²) in [5.74, 6) is 0. The van der Waals surface area contributed by atoms with E-state index in [1.807, 2.05) is 0 Å². The van der Waals surface area contributed by atoms with Gasteiger partial charge in [0.2, 0.25) is 0 Å². The number of unbranched alkanes of at least 4 members (excludes halogenated alkanes) is 3. The van der Waals surface area contributed by atoms with E-state index in [1.165, 1.54) is 12.3 Å². The van der Waals surface area contributed by atoms with E-state index in [0.717, 1.165) is 37.8 Å². The van der Waals surface area contributed by atoms with Crippen molar-refractivity contribution in [3.05, 3.63) is 35.4 Å². The minimum atomic E-state index is -4.33. The molecule has 0 unspecified atom stereocenters. The van der Waals surface area contributed by atoms with E-state index < -0.39 is 11.7 Å². The molecule has 0 saturated carbocycles. The summed E-state index contributed by atoms with van der Waals surface area (Å²) in [6, 6.07) is 4.98. The van der Waals surface area contributed by atoms with Gasteiger partial charge in [0.25, 0.3) is 0 Å². The number of hydrogen-bond donors (Lipinski definition) is 0. The summed E-state index contributed by atoms with van der Waals surface area (Å²) < 4.78 is 37.4. The molecule has 0 aliphatic rings. The van der Waals surface area contributed by atoms with Gasteiger partial charge in [-0.1, -0.05) is 37.1 Å². The van der Waals surface area contributed by atoms with Crippen molar-refractivity contribution in [1.82, 2.24) is 0 Å². The van der Waals surface area contributed by atoms with E-state index in [0.29, 0.717) is 12.2 Å². The van der Waals surface area contributed by atoms with Crippen LogP contribution in [0.4, 0.5) is 13.2 Å². The summed E-state index contributed by atoms with van der Waals surface area (Å²) in [6.07, 6.45) is 1.26. The summed E-state index contributed by atoms with van der Waals surface area (Å²) in [5, 5.41) is 3.67. The maximum Gasteiger partial charge on any atom is 0.416 e. The van der Waals surface area contributed by atoms with Gasteiger partial charge in [-0.15, -0.1) is 0 Å². The van der Waals surface area contributed by atoms with Crippen LogP contribution in [-0.4, -0.2) is 12.8 Å². The van der Waals surface area contributed by atoms with Gasteiger partial charge in [0.15, 0.2) is 0 Å². The minimum Gasteiger partial charge on any atom is -0.396 e. The second-order valence-corrected chi connectivity index (χ2v) is 4.25. The molecule has 2 nitrogen and oxygen atoms in total. The van der Waals surface area contributed by atoms with Gasteiger partial charge < -0.3 is 4.84 Å². The Morgan fingerprint density at radius 2 is 2.00 bits per heavy atom. The van der Waals surface area contributed by atoms with Crippen molar-refractivity contribution in [2.75, 3.05) is 6.61 Å². The zero-order chi connectivity index (χ0) is 14.1. The molecule has 19 heavy (non-hydrogen) atoms. The normalized spacial score (nSPS) is 12.0. The molecule has 0 heterocycles. The molecule has 0 amide bonds. The third-order valence-electron chi connectivity index (χ3n) is 2.58. The maximum absolute atomic E-state index is 12.5. The highest BCUT2D eigenvalue weighted by Crippen LogP contribution is 2.29. The topological polar surface area (TPSA) is 21.6 Å². The van der Waals surface area contributed by atoms with Crippen molar-refractivity contribution in [2.24, 2.45) is 5.16 Å². The third kappa shape index (κ3) is 6.27. The number of halogens is 3. The Bertz CT molecular complexity index is 402. The molecule has 0 radical (unpaired) electrons. The van der Waals surface area contributed by atoms with Gasteiger partial charge in [-0.2, -0.15) is 13.2 Å². The fourth-order valence-electron chi connectivity index (χ4n) is 1.54. The smallest absolute Gasteiger partial charge is 0.396 e. The van der Waals surface area contributed by atoms with Crippen molar-refractivity contribution in [3.63, 3.8) is 0 Å². The van der Waals surface area contributed by atoms with Crippen LogP contribution in [0.5, 0.6) is 0 Å². The van der Waals surface area contributed by atoms with Crippen LogP contribution >= 0.6 is 0 Å². The molecule has 1 aromatic carbocycles. The number of oxime groups is 1. The lowest BCUT2D eigenvalue weighted by atomic mass is 10.1. The first-order valence-electron chi connectivity index (χ1n) is 6.36. The lowest BCUT2D eigenvalue weighted by Crippen LogP contribution is -2.05. The lowest BCUT2D eigenvalue weighted by molar-refractivity contribution is -0.137. The molecule has 0 atom stereocenters. The summed E-state index contributed by atoms with van der Waals surface area (Å²) >= 11 is 0. The van der Waals surface area contributed by atoms with Crippen molar-refractivity contribution in [2.45, 2.75) is 38.8 Å². The number of benzene rings is 1. The van der Waals surface area contributed by atoms with Crippen LogP contribution in [0.25, 0.3) is 0 Å². The second kappa shape index (κ2) is 7.81. The van der Waals surface area contributed by atoms with Gasteiger partial charge in [-0.25, -0.2) is 0 Å². The van der Waals surface area contributed by atoms with Gasteiger partial charge >= 0.3 is 6.18 Å². The van der Waals surface area contributed by atoms with Crippen LogP contribution in [0.15, 0.2) is 29.4 Å². The molecule has 1 rings (SSSR count). The van der Waals surface area contributed by atoms with Crippen LogP contribution in [0.1, 0.15) is 43.7 Å². The van der Waals surface area contributed by atoms with Gasteiger partial charge in [0.05, 0.1) is 11.8 Å². The van der Waals surface area contributed by atoms with Gasteiger partial charge in [-0.05, 0) is 30.5 Å². The fraction of sp³-hybridized carbons (Fsp3) is 0.500. The van der Waals surface area contributed by atoms with Crippen LogP contribution < -0.4 is 0 Å². The summed E-state index contributed by atoms with van der Waals surface area (Å²) in [7, 11) is 0. The fourth-order valence-corrected chi connectivity index (χ4v) is 1.54. The predicted octanol–water partition coefficient (Wildman–Crippen LogP) is 4.64. The number of hydrogen-bond acceptors (Lipinski definition) is 2. The van der Waals surface area contributed by atoms with E-state index in [2.05, 4.69) is 12.1 Å². The van der Waals surface area contributed by atoms with Gasteiger partial charge in [0.1, 0.15) is 6.61 Å². The van der Waals surface area contributed by atoms with Crippen molar-refractivity contribution in [3.8, 4) is 0 Å². The largest absolute Gasteiger partial charge is 0.416 e. The van der Waals surface area contributed by atoms with E-state index >= 15 is 0 Å². The Morgan fingerprint density at radius 3 is 2.68 bits per heavy atom. The molecule has 0 aliphatic heterocycles. The van der Waals surface area contributed by atoms with Gasteiger partial charge in [-0.3, -0.25) is 0 Å². The monoisotopic (exact) mass is 273 g/mol. The molecule has 0 spiro atoms. The van der Waals surface area contributed by atoms with Gasteiger partial charge in [0, 0.05) is 0 Å². The molecular weight excluding hydrogens is 255 g/mol. The average Bonchev–Trinajstić information content (AvgIpc) is 2.37. The van der Waals surface area contributed by atoms with Crippen LogP contribution in [0.3, 0.4) is 0 Å². The Balaban J connectivity index is 2.40. The maximum atomic E-state index is 12.5. The SMILES string of the molecule is CCCCCCON=Cc1cccc(C(F)(F)F)c1. The van der Waals surface area contributed by atoms with E-state index in [1.54, 1.807) is 6.07 Å². The third-order valence-corrected chi connectivity index (χ3v) is 2.58. The molecule has 1 aromatic rings. The average molecular weight is 273 g/mol. The summed E-state index contributed by atoms with van der Waals surface area (Å²) in [5.41, 5.74) is -0.303. The predicted molar refractivity (Wildman–Crippen MR) is 69.1 cm³/mol. The summed E-state index contributed by atoms with van der Waals surface area (Å²) in [6.45, 7) is 2.61. The Labute approximate surface area is 111 Å². The molecule has 0 aliphatic carbocycles. The lowest BCUT2D eigenvalue weighted by Gasteiger charge is -2.06. The summed E-state index contributed by atoms with van der Waals surface area (Å²) in [4.78, 5) is 5.00. The number of nitrogens with zero attached hydrogens (tertiary/aromatic N) is 1. The van der Waals surface area contributed by atoms with Crippen LogP contribution in [0, 0.1) is 0 Å². The standard InChI is InChI=1S/C14H18F3NO/c1-2-3-4-5-9-19-18-11-12-7-6-8-13(10-12)14(15,16)17/h6-8,10-11H,2-5,9H2,1H3. The van der Waals surface area contributed by atoms with Crippen LogP contribution in [0.2, 0.25) is 0 Å². The molecule has 0 aromatic heterocycles. The first-order chi connectivity index (χ1) is 9.04. The molecule has 5 heteroatoms. The quantitative estimate of drug-likeness (QED) is 0.403. The highest BCUT2D eigenvalue weighted by Gasteiger charge is 2.30. The van der Waals surface area contributed by atoms with E-state index in [4.69, 9.17) is 4.84 Å². The van der Waals surface area contributed by atoms with Crippen molar-refractivity contribution in [1.29, 1.82) is 0 Å².